The SMILES string of the molecule is COC[C@H](c1cnn2cc([C@@H](NC(=O)c3nonc3C3CC3)[C@H](C)OC3(C)CC3)nc2c1)N1CC(F)(F)CNC1=O. The summed E-state index contributed by atoms with van der Waals surface area (Å²) in [6, 6.07) is -0.441. The molecular formula is C26H32F2N8O5. The van der Waals surface area contributed by atoms with Crippen molar-refractivity contribution in [2.24, 2.45) is 0 Å². The zero-order valence-corrected chi connectivity index (χ0v) is 23.0. The fourth-order valence-electron chi connectivity index (χ4n) is 5.13. The van der Waals surface area contributed by atoms with E-state index in [0.717, 1.165) is 30.6 Å². The third-order valence-corrected chi connectivity index (χ3v) is 7.80. The number of carbonyl (C=O) groups excluding carboxylic acids is 2. The van der Waals surface area contributed by atoms with Crippen molar-refractivity contribution in [3.05, 3.63) is 41.1 Å². The van der Waals surface area contributed by atoms with E-state index in [1.807, 2.05) is 13.8 Å². The second-order valence-electron chi connectivity index (χ2n) is 11.4. The highest BCUT2D eigenvalue weighted by Gasteiger charge is 2.44. The molecule has 13 nitrogen and oxygen atoms in total. The van der Waals surface area contributed by atoms with Crippen LogP contribution in [0.4, 0.5) is 13.6 Å². The molecule has 1 aliphatic heterocycles. The van der Waals surface area contributed by atoms with E-state index in [1.54, 1.807) is 12.3 Å². The molecule has 3 aromatic heterocycles. The van der Waals surface area contributed by atoms with Gasteiger partial charge in [0, 0.05) is 18.6 Å². The molecule has 0 radical (unpaired) electrons. The Morgan fingerprint density at radius 1 is 1.32 bits per heavy atom. The van der Waals surface area contributed by atoms with Gasteiger partial charge in [0.25, 0.3) is 11.8 Å². The highest BCUT2D eigenvalue weighted by atomic mass is 19.3. The van der Waals surface area contributed by atoms with E-state index in [1.165, 1.54) is 17.8 Å². The van der Waals surface area contributed by atoms with E-state index in [0.29, 0.717) is 22.6 Å². The summed E-state index contributed by atoms with van der Waals surface area (Å²) in [5.74, 6) is -3.37. The molecule has 0 bridgehead atoms. The number of hydrogen-bond acceptors (Lipinski definition) is 9. The number of methoxy groups -OCH3 is 1. The Morgan fingerprint density at radius 3 is 2.80 bits per heavy atom. The summed E-state index contributed by atoms with van der Waals surface area (Å²) >= 11 is 0. The molecule has 3 aliphatic rings. The molecule has 2 aliphatic carbocycles. The van der Waals surface area contributed by atoms with Gasteiger partial charge >= 0.3 is 6.03 Å². The van der Waals surface area contributed by atoms with Crippen LogP contribution < -0.4 is 10.6 Å². The van der Waals surface area contributed by atoms with E-state index in [-0.39, 0.29) is 23.8 Å². The first-order valence-electron chi connectivity index (χ1n) is 13.6. The largest absolute Gasteiger partial charge is 0.382 e. The lowest BCUT2D eigenvalue weighted by atomic mass is 10.1. The van der Waals surface area contributed by atoms with Gasteiger partial charge in [0.05, 0.1) is 61.6 Å². The van der Waals surface area contributed by atoms with Crippen molar-refractivity contribution < 1.29 is 32.5 Å². The van der Waals surface area contributed by atoms with Crippen LogP contribution in [0, 0.1) is 0 Å². The summed E-state index contributed by atoms with van der Waals surface area (Å²) in [5, 5.41) is 17.4. The standard InChI is InChI=1S/C26H32F2N8O5/c1-14(40-25(2)6-7-25)20(32-23(37)22-21(15-4-5-15)33-41-34-22)17-10-36-19(31-17)8-16(9-30-36)18(11-39-3)35-13-26(27,28)12-29-24(35)38/h8-10,14-15,18,20H,4-7,11-13H2,1-3H3,(H,29,38)(H,32,37)/t14-,18+,20-/m0/s1. The van der Waals surface area contributed by atoms with Crippen LogP contribution in [-0.2, 0) is 9.47 Å². The van der Waals surface area contributed by atoms with Gasteiger partial charge in [0.1, 0.15) is 5.69 Å². The number of amides is 3. The molecule has 4 heterocycles. The molecule has 3 amide bonds. The van der Waals surface area contributed by atoms with Crippen LogP contribution in [0.5, 0.6) is 0 Å². The number of fused-ring (bicyclic) bond motifs is 1. The van der Waals surface area contributed by atoms with Crippen molar-refractivity contribution in [1.82, 2.24) is 40.4 Å². The van der Waals surface area contributed by atoms with Crippen LogP contribution in [-0.4, -0.2) is 86.2 Å². The molecule has 41 heavy (non-hydrogen) atoms. The molecule has 220 valence electrons. The number of halogens is 2. The van der Waals surface area contributed by atoms with Crippen LogP contribution in [0.1, 0.15) is 85.0 Å². The quantitative estimate of drug-likeness (QED) is 0.353. The number of ether oxygens (including phenoxy) is 2. The maximum atomic E-state index is 14.2. The monoisotopic (exact) mass is 574 g/mol. The van der Waals surface area contributed by atoms with E-state index >= 15 is 0 Å². The van der Waals surface area contributed by atoms with Gasteiger partial charge in [-0.15, -0.1) is 0 Å². The summed E-state index contributed by atoms with van der Waals surface area (Å²) in [4.78, 5) is 31.6. The average Bonchev–Trinajstić information content (AvgIpc) is 3.81. The Labute approximate surface area is 233 Å². The number of nitrogens with zero attached hydrogens (tertiary/aromatic N) is 6. The van der Waals surface area contributed by atoms with E-state index < -0.39 is 49.1 Å². The fraction of sp³-hybridized carbons (Fsp3) is 0.615. The van der Waals surface area contributed by atoms with Crippen LogP contribution in [0.3, 0.4) is 0 Å². The van der Waals surface area contributed by atoms with Crippen LogP contribution in [0.15, 0.2) is 23.1 Å². The molecule has 2 N–H and O–H groups in total. The summed E-state index contributed by atoms with van der Waals surface area (Å²) in [6.45, 7) is 2.39. The third kappa shape index (κ3) is 5.73. The zero-order chi connectivity index (χ0) is 28.9. The van der Waals surface area contributed by atoms with Gasteiger partial charge < -0.3 is 25.0 Å². The number of aromatic nitrogens is 5. The molecule has 3 aromatic rings. The number of carbonyl (C=O) groups is 2. The summed E-state index contributed by atoms with van der Waals surface area (Å²) in [6.07, 6.45) is 6.39. The second kappa shape index (κ2) is 10.3. The van der Waals surface area contributed by atoms with Crippen molar-refractivity contribution in [2.45, 2.75) is 75.2 Å². The lowest BCUT2D eigenvalue weighted by Crippen LogP contribution is -2.58. The first-order chi connectivity index (χ1) is 19.6. The second-order valence-corrected chi connectivity index (χ2v) is 11.4. The molecule has 2 saturated carbocycles. The summed E-state index contributed by atoms with van der Waals surface area (Å²) in [5.41, 5.74) is 1.77. The minimum atomic E-state index is -3.09. The lowest BCUT2D eigenvalue weighted by Gasteiger charge is -2.38. The fourth-order valence-corrected chi connectivity index (χ4v) is 5.13. The number of imidazole rings is 1. The van der Waals surface area contributed by atoms with Crippen LogP contribution >= 0.6 is 0 Å². The minimum Gasteiger partial charge on any atom is -0.382 e. The first-order valence-corrected chi connectivity index (χ1v) is 13.6. The Hall–Kier alpha value is -3.72. The number of nitrogens with one attached hydrogen (secondary N) is 2. The molecule has 15 heteroatoms. The van der Waals surface area contributed by atoms with Gasteiger partial charge in [0.2, 0.25) is 0 Å². The zero-order valence-electron chi connectivity index (χ0n) is 23.0. The van der Waals surface area contributed by atoms with Crippen molar-refractivity contribution in [3.8, 4) is 0 Å². The molecule has 0 aromatic carbocycles. The predicted molar refractivity (Wildman–Crippen MR) is 137 cm³/mol. The Bertz CT molecular complexity index is 1450. The van der Waals surface area contributed by atoms with Crippen molar-refractivity contribution >= 4 is 17.6 Å². The molecule has 3 fully saturated rings. The van der Waals surface area contributed by atoms with Crippen molar-refractivity contribution in [1.29, 1.82) is 0 Å². The van der Waals surface area contributed by atoms with Crippen LogP contribution in [0.25, 0.3) is 5.65 Å². The number of rotatable bonds is 11. The smallest absolute Gasteiger partial charge is 0.318 e. The van der Waals surface area contributed by atoms with Crippen molar-refractivity contribution in [3.63, 3.8) is 0 Å². The van der Waals surface area contributed by atoms with Crippen molar-refractivity contribution in [2.75, 3.05) is 26.8 Å². The number of urea groups is 1. The topological polar surface area (TPSA) is 149 Å². The Kier molecular flexibility index (Phi) is 6.88. The highest BCUT2D eigenvalue weighted by Crippen LogP contribution is 2.42. The Balaban J connectivity index is 1.30. The Morgan fingerprint density at radius 2 is 2.10 bits per heavy atom. The maximum absolute atomic E-state index is 14.2. The van der Waals surface area contributed by atoms with E-state index in [2.05, 4.69) is 26.0 Å². The molecule has 3 atom stereocenters. The first kappa shape index (κ1) is 27.4. The molecule has 0 spiro atoms. The van der Waals surface area contributed by atoms with Gasteiger partial charge in [-0.05, 0) is 50.8 Å². The van der Waals surface area contributed by atoms with E-state index in [9.17, 15) is 18.4 Å². The number of alkyl halides is 2. The van der Waals surface area contributed by atoms with Gasteiger partial charge in [0.15, 0.2) is 11.3 Å². The average molecular weight is 575 g/mol. The maximum Gasteiger partial charge on any atom is 0.318 e. The lowest BCUT2D eigenvalue weighted by molar-refractivity contribution is -0.0509. The predicted octanol–water partition coefficient (Wildman–Crippen LogP) is 2.77. The number of hydrogen-bond donors (Lipinski definition) is 2. The normalized spacial score (nSPS) is 21.8. The van der Waals surface area contributed by atoms with Gasteiger partial charge in [-0.2, -0.15) is 5.10 Å². The van der Waals surface area contributed by atoms with Gasteiger partial charge in [-0.25, -0.2) is 27.7 Å². The molecule has 0 unspecified atom stereocenters. The van der Waals surface area contributed by atoms with E-state index in [4.69, 9.17) is 19.1 Å². The van der Waals surface area contributed by atoms with Crippen LogP contribution in [0.2, 0.25) is 0 Å². The summed E-state index contributed by atoms with van der Waals surface area (Å²) < 4.78 is 46.3. The molecule has 1 saturated heterocycles. The van der Waals surface area contributed by atoms with Gasteiger partial charge in [-0.1, -0.05) is 5.16 Å². The highest BCUT2D eigenvalue weighted by molar-refractivity contribution is 5.93. The molecular weight excluding hydrogens is 542 g/mol. The molecule has 6 rings (SSSR count). The third-order valence-electron chi connectivity index (χ3n) is 7.80. The summed E-state index contributed by atoms with van der Waals surface area (Å²) in [7, 11) is 1.43. The van der Waals surface area contributed by atoms with Gasteiger partial charge in [-0.3, -0.25) is 4.79 Å². The minimum absolute atomic E-state index is 0.0217.